The molecule has 0 N–H and O–H groups in total. The highest BCUT2D eigenvalue weighted by atomic mass is 32.3. The zero-order valence-electron chi connectivity index (χ0n) is 17.0. The van der Waals surface area contributed by atoms with Gasteiger partial charge in [0.2, 0.25) is 0 Å². The van der Waals surface area contributed by atoms with Gasteiger partial charge in [0.05, 0.1) is 33.0 Å². The SMILES string of the molecule is COc1ccc(CO[C@H]2C[C@@](C)(COCc3ccccc3)[C@@H]3OS(=O)(=O)O[C@H]23)cc1. The van der Waals surface area contributed by atoms with Gasteiger partial charge in [-0.15, -0.1) is 0 Å². The van der Waals surface area contributed by atoms with Gasteiger partial charge in [0, 0.05) is 5.41 Å². The van der Waals surface area contributed by atoms with E-state index in [1.54, 1.807) is 7.11 Å². The maximum absolute atomic E-state index is 12.0. The third-order valence-electron chi connectivity index (χ3n) is 5.64. The van der Waals surface area contributed by atoms with Gasteiger partial charge in [-0.25, -0.2) is 8.37 Å². The standard InChI is InChI=1S/C22H26O7S/c1-22(15-26-13-16-6-4-3-5-7-16)12-19(20-21(22)29-30(23,24)28-20)27-14-17-8-10-18(25-2)11-9-17/h3-11,19-21H,12-15H2,1-2H3/t19-,20+,21+,22-/m0/s1. The zero-order valence-corrected chi connectivity index (χ0v) is 17.8. The van der Waals surface area contributed by atoms with E-state index in [1.807, 2.05) is 61.5 Å². The summed E-state index contributed by atoms with van der Waals surface area (Å²) in [6.07, 6.45) is -1.17. The highest BCUT2D eigenvalue weighted by Gasteiger charge is 2.60. The molecular formula is C22H26O7S. The maximum atomic E-state index is 12.0. The first-order valence-electron chi connectivity index (χ1n) is 9.86. The summed E-state index contributed by atoms with van der Waals surface area (Å²) in [6.45, 7) is 3.07. The molecule has 30 heavy (non-hydrogen) atoms. The Morgan fingerprint density at radius 1 is 1.00 bits per heavy atom. The van der Waals surface area contributed by atoms with Gasteiger partial charge in [0.15, 0.2) is 0 Å². The van der Waals surface area contributed by atoms with Crippen molar-refractivity contribution in [1.29, 1.82) is 0 Å². The van der Waals surface area contributed by atoms with Crippen LogP contribution >= 0.6 is 0 Å². The van der Waals surface area contributed by atoms with Crippen LogP contribution in [0.1, 0.15) is 24.5 Å². The molecule has 4 atom stereocenters. The second-order valence-corrected chi connectivity index (χ2v) is 9.22. The summed E-state index contributed by atoms with van der Waals surface area (Å²) >= 11 is 0. The molecule has 0 radical (unpaired) electrons. The highest BCUT2D eigenvalue weighted by molar-refractivity contribution is 7.82. The second kappa shape index (κ2) is 8.64. The topological polar surface area (TPSA) is 80.3 Å². The Labute approximate surface area is 177 Å². The van der Waals surface area contributed by atoms with E-state index in [-0.39, 0.29) is 0 Å². The van der Waals surface area contributed by atoms with Crippen molar-refractivity contribution in [3.8, 4) is 5.75 Å². The molecule has 0 unspecified atom stereocenters. The number of hydrogen-bond acceptors (Lipinski definition) is 7. The number of benzene rings is 2. The van der Waals surface area contributed by atoms with Crippen LogP contribution in [0.25, 0.3) is 0 Å². The van der Waals surface area contributed by atoms with Crippen LogP contribution in [0.2, 0.25) is 0 Å². The molecule has 8 heteroatoms. The minimum absolute atomic E-state index is 0.336. The third-order valence-corrected chi connectivity index (χ3v) is 6.54. The molecule has 1 aliphatic heterocycles. The molecule has 1 heterocycles. The predicted molar refractivity (Wildman–Crippen MR) is 109 cm³/mol. The Hall–Kier alpha value is -1.97. The first-order chi connectivity index (χ1) is 14.4. The lowest BCUT2D eigenvalue weighted by Gasteiger charge is -2.28. The fraction of sp³-hybridized carbons (Fsp3) is 0.455. The van der Waals surface area contributed by atoms with Crippen LogP contribution in [0.3, 0.4) is 0 Å². The third kappa shape index (κ3) is 4.68. The first-order valence-corrected chi connectivity index (χ1v) is 11.2. The lowest BCUT2D eigenvalue weighted by atomic mass is 9.87. The van der Waals surface area contributed by atoms with Crippen molar-refractivity contribution in [3.05, 3.63) is 65.7 Å². The Kier molecular flexibility index (Phi) is 6.13. The van der Waals surface area contributed by atoms with Crippen molar-refractivity contribution in [3.63, 3.8) is 0 Å². The van der Waals surface area contributed by atoms with E-state index in [0.29, 0.717) is 26.2 Å². The minimum Gasteiger partial charge on any atom is -0.497 e. The van der Waals surface area contributed by atoms with Gasteiger partial charge < -0.3 is 14.2 Å². The molecule has 0 aromatic heterocycles. The molecule has 2 aromatic rings. The first kappa shape index (κ1) is 21.3. The Bertz CT molecular complexity index is 945. The van der Waals surface area contributed by atoms with Crippen molar-refractivity contribution >= 4 is 10.4 Å². The van der Waals surface area contributed by atoms with Gasteiger partial charge in [-0.05, 0) is 29.7 Å². The average Bonchev–Trinajstić information content (AvgIpc) is 3.19. The van der Waals surface area contributed by atoms with Crippen LogP contribution in [0.5, 0.6) is 5.75 Å². The molecule has 7 nitrogen and oxygen atoms in total. The van der Waals surface area contributed by atoms with Crippen LogP contribution in [0.15, 0.2) is 54.6 Å². The highest BCUT2D eigenvalue weighted by Crippen LogP contribution is 2.48. The normalized spacial score (nSPS) is 29.6. The summed E-state index contributed by atoms with van der Waals surface area (Å²) in [5.74, 6) is 0.765. The van der Waals surface area contributed by atoms with Crippen molar-refractivity contribution in [2.75, 3.05) is 13.7 Å². The number of rotatable bonds is 8. The van der Waals surface area contributed by atoms with Gasteiger partial charge in [0.25, 0.3) is 0 Å². The lowest BCUT2D eigenvalue weighted by Crippen LogP contribution is -2.36. The van der Waals surface area contributed by atoms with Crippen molar-refractivity contribution in [2.24, 2.45) is 5.41 Å². The van der Waals surface area contributed by atoms with E-state index in [4.69, 9.17) is 22.6 Å². The summed E-state index contributed by atoms with van der Waals surface area (Å²) in [5, 5.41) is 0. The van der Waals surface area contributed by atoms with Gasteiger partial charge >= 0.3 is 10.4 Å². The monoisotopic (exact) mass is 434 g/mol. The van der Waals surface area contributed by atoms with E-state index in [2.05, 4.69) is 0 Å². The largest absolute Gasteiger partial charge is 0.497 e. The smallest absolute Gasteiger partial charge is 0.400 e. The lowest BCUT2D eigenvalue weighted by molar-refractivity contribution is -0.0164. The van der Waals surface area contributed by atoms with E-state index < -0.39 is 34.1 Å². The van der Waals surface area contributed by atoms with E-state index in [1.165, 1.54) is 0 Å². The fourth-order valence-electron chi connectivity index (χ4n) is 4.05. The van der Waals surface area contributed by atoms with Crippen molar-refractivity contribution < 1.29 is 31.0 Å². The molecule has 1 saturated carbocycles. The van der Waals surface area contributed by atoms with Crippen LogP contribution < -0.4 is 4.74 Å². The fourth-order valence-corrected chi connectivity index (χ4v) is 5.19. The van der Waals surface area contributed by atoms with Gasteiger partial charge in [-0.3, -0.25) is 0 Å². The quantitative estimate of drug-likeness (QED) is 0.631. The molecule has 0 amide bonds. The second-order valence-electron chi connectivity index (χ2n) is 8.02. The molecule has 2 aliphatic rings. The summed E-state index contributed by atoms with van der Waals surface area (Å²) in [5.41, 5.74) is 1.47. The Balaban J connectivity index is 1.41. The van der Waals surface area contributed by atoms with E-state index in [9.17, 15) is 8.42 Å². The van der Waals surface area contributed by atoms with Crippen LogP contribution in [-0.4, -0.2) is 40.4 Å². The molecule has 0 spiro atoms. The molecule has 4 rings (SSSR count). The molecular weight excluding hydrogens is 408 g/mol. The van der Waals surface area contributed by atoms with Crippen LogP contribution in [-0.2, 0) is 41.5 Å². The molecule has 0 bridgehead atoms. The van der Waals surface area contributed by atoms with Gasteiger partial charge in [-0.1, -0.05) is 49.4 Å². The molecule has 1 aliphatic carbocycles. The molecule has 1 saturated heterocycles. The Morgan fingerprint density at radius 2 is 1.70 bits per heavy atom. The zero-order chi connectivity index (χ0) is 21.2. The molecule has 2 aromatic carbocycles. The van der Waals surface area contributed by atoms with Gasteiger partial charge in [-0.2, -0.15) is 8.42 Å². The van der Waals surface area contributed by atoms with Crippen molar-refractivity contribution in [1.82, 2.24) is 0 Å². The Morgan fingerprint density at radius 3 is 2.40 bits per heavy atom. The number of fused-ring (bicyclic) bond motifs is 1. The number of hydrogen-bond donors (Lipinski definition) is 0. The summed E-state index contributed by atoms with van der Waals surface area (Å²) in [7, 11) is -2.42. The minimum atomic E-state index is -4.03. The average molecular weight is 435 g/mol. The molecule has 2 fully saturated rings. The maximum Gasteiger partial charge on any atom is 0.400 e. The van der Waals surface area contributed by atoms with E-state index in [0.717, 1.165) is 16.9 Å². The van der Waals surface area contributed by atoms with Crippen LogP contribution in [0.4, 0.5) is 0 Å². The summed E-state index contributed by atoms with van der Waals surface area (Å²) in [4.78, 5) is 0. The van der Waals surface area contributed by atoms with Gasteiger partial charge in [0.1, 0.15) is 18.0 Å². The van der Waals surface area contributed by atoms with Crippen molar-refractivity contribution in [2.45, 2.75) is 44.9 Å². The summed E-state index contributed by atoms with van der Waals surface area (Å²) < 4.78 is 51.6. The summed E-state index contributed by atoms with van der Waals surface area (Å²) in [6, 6.07) is 17.4. The number of methoxy groups -OCH3 is 1. The number of ether oxygens (including phenoxy) is 3. The van der Waals surface area contributed by atoms with Crippen LogP contribution in [0, 0.1) is 5.41 Å². The van der Waals surface area contributed by atoms with E-state index >= 15 is 0 Å². The molecule has 162 valence electrons. The predicted octanol–water partition coefficient (Wildman–Crippen LogP) is 3.24.